The van der Waals surface area contributed by atoms with Crippen LogP contribution in [-0.4, -0.2) is 39.8 Å². The molecule has 0 radical (unpaired) electrons. The Labute approximate surface area is 145 Å². The van der Waals surface area contributed by atoms with Crippen molar-refractivity contribution in [3.63, 3.8) is 0 Å². The largest absolute Gasteiger partial charge is 0.505 e. The Morgan fingerprint density at radius 1 is 0.889 bits per heavy atom. The molecule has 27 heavy (non-hydrogen) atoms. The van der Waals surface area contributed by atoms with E-state index in [9.17, 15) is 35.1 Å². The number of rotatable bonds is 6. The summed E-state index contributed by atoms with van der Waals surface area (Å²) < 4.78 is 107. The Kier molecular flexibility index (Phi) is 5.45. The van der Waals surface area contributed by atoms with Gasteiger partial charge in [-0.05, 0) is 24.3 Å². The third kappa shape index (κ3) is 4.93. The highest BCUT2D eigenvalue weighted by atomic mass is 19.4. The number of hydrogen-bond acceptors (Lipinski definition) is 5. The Bertz CT molecular complexity index is 765. The maximum atomic E-state index is 13.4. The van der Waals surface area contributed by atoms with Gasteiger partial charge in [-0.2, -0.15) is 35.1 Å². The standard InChI is InChI=1S/C14H8F8N2O3/c15-11(12(16,17)27-14(21,22)13(18,19)20)26-9-3-1-7(2-4-9)10-23-5-8(25)6-24-10/h1-6,11,25H. The van der Waals surface area contributed by atoms with Gasteiger partial charge in [0.2, 0.25) is 0 Å². The quantitative estimate of drug-likeness (QED) is 0.728. The number of hydrogen-bond donors (Lipinski definition) is 1. The van der Waals surface area contributed by atoms with Crippen LogP contribution in [0.15, 0.2) is 36.7 Å². The number of alkyl halides is 8. The number of benzene rings is 1. The molecule has 1 aromatic heterocycles. The molecule has 0 saturated heterocycles. The fourth-order valence-corrected chi connectivity index (χ4v) is 1.62. The summed E-state index contributed by atoms with van der Waals surface area (Å²) in [6.45, 7) is 0. The van der Waals surface area contributed by atoms with E-state index in [-0.39, 0.29) is 17.1 Å². The van der Waals surface area contributed by atoms with Gasteiger partial charge in [-0.1, -0.05) is 0 Å². The first-order valence-corrected chi connectivity index (χ1v) is 6.76. The highest BCUT2D eigenvalue weighted by molar-refractivity contribution is 5.56. The summed E-state index contributed by atoms with van der Waals surface area (Å²) in [7, 11) is 0. The van der Waals surface area contributed by atoms with E-state index < -0.39 is 30.5 Å². The molecule has 1 heterocycles. The van der Waals surface area contributed by atoms with Gasteiger partial charge in [-0.15, -0.1) is 0 Å². The normalized spacial score (nSPS) is 14.1. The summed E-state index contributed by atoms with van der Waals surface area (Å²) >= 11 is 0. The Morgan fingerprint density at radius 2 is 1.41 bits per heavy atom. The third-order valence-electron chi connectivity index (χ3n) is 2.85. The molecule has 0 aliphatic carbocycles. The predicted molar refractivity (Wildman–Crippen MR) is 71.7 cm³/mol. The van der Waals surface area contributed by atoms with Crippen molar-refractivity contribution in [2.75, 3.05) is 0 Å². The Morgan fingerprint density at radius 3 is 1.89 bits per heavy atom. The number of ether oxygens (including phenoxy) is 2. The molecule has 5 nitrogen and oxygen atoms in total. The minimum Gasteiger partial charge on any atom is -0.505 e. The fourth-order valence-electron chi connectivity index (χ4n) is 1.62. The van der Waals surface area contributed by atoms with E-state index in [1.165, 1.54) is 0 Å². The lowest BCUT2D eigenvalue weighted by Gasteiger charge is -2.27. The molecule has 2 aromatic rings. The van der Waals surface area contributed by atoms with Crippen molar-refractivity contribution in [1.82, 2.24) is 9.97 Å². The maximum Gasteiger partial charge on any atom is 0.483 e. The molecule has 0 saturated carbocycles. The highest BCUT2D eigenvalue weighted by Crippen LogP contribution is 2.42. The lowest BCUT2D eigenvalue weighted by atomic mass is 10.2. The van der Waals surface area contributed by atoms with Crippen LogP contribution in [0.1, 0.15) is 0 Å². The van der Waals surface area contributed by atoms with Crippen molar-refractivity contribution in [2.24, 2.45) is 0 Å². The summed E-state index contributed by atoms with van der Waals surface area (Å²) in [5, 5.41) is 9.06. The molecule has 0 spiro atoms. The minimum absolute atomic E-state index is 0.0923. The first kappa shape index (κ1) is 20.6. The molecule has 1 atom stereocenters. The second-order valence-corrected chi connectivity index (χ2v) is 4.90. The molecule has 0 aliphatic rings. The number of halogens is 8. The van der Waals surface area contributed by atoms with Gasteiger partial charge in [-0.25, -0.2) is 14.7 Å². The van der Waals surface area contributed by atoms with E-state index in [0.29, 0.717) is 0 Å². The molecule has 0 amide bonds. The molecule has 148 valence electrons. The molecule has 2 rings (SSSR count). The van der Waals surface area contributed by atoms with Crippen LogP contribution in [-0.2, 0) is 4.74 Å². The van der Waals surface area contributed by atoms with E-state index in [0.717, 1.165) is 36.7 Å². The van der Waals surface area contributed by atoms with Crippen LogP contribution >= 0.6 is 0 Å². The van der Waals surface area contributed by atoms with Gasteiger partial charge in [0.25, 0.3) is 0 Å². The van der Waals surface area contributed by atoms with E-state index in [1.54, 1.807) is 0 Å². The summed E-state index contributed by atoms with van der Waals surface area (Å²) in [6.07, 6.45) is -20.2. The van der Waals surface area contributed by atoms with Crippen molar-refractivity contribution >= 4 is 0 Å². The minimum atomic E-state index is -6.47. The SMILES string of the molecule is Oc1cnc(-c2ccc(OC(F)C(F)(F)OC(F)(F)C(F)(F)F)cc2)nc1. The smallest absolute Gasteiger partial charge is 0.483 e. The van der Waals surface area contributed by atoms with Gasteiger partial charge in [0.15, 0.2) is 11.6 Å². The van der Waals surface area contributed by atoms with Crippen molar-refractivity contribution in [3.8, 4) is 22.9 Å². The van der Waals surface area contributed by atoms with Crippen LogP contribution in [0, 0.1) is 0 Å². The van der Waals surface area contributed by atoms with Crippen molar-refractivity contribution < 1.29 is 49.7 Å². The summed E-state index contributed by atoms with van der Waals surface area (Å²) in [5.74, 6) is -0.755. The predicted octanol–water partition coefficient (Wildman–Crippen LogP) is 4.29. The van der Waals surface area contributed by atoms with Gasteiger partial charge in [-0.3, -0.25) is 0 Å². The van der Waals surface area contributed by atoms with E-state index in [1.807, 2.05) is 0 Å². The average Bonchev–Trinajstić information content (AvgIpc) is 2.54. The van der Waals surface area contributed by atoms with Crippen LogP contribution in [0.4, 0.5) is 35.1 Å². The van der Waals surface area contributed by atoms with Crippen molar-refractivity contribution in [1.29, 1.82) is 0 Å². The molecular weight excluding hydrogens is 396 g/mol. The average molecular weight is 404 g/mol. The maximum absolute atomic E-state index is 13.4. The third-order valence-corrected chi connectivity index (χ3v) is 2.85. The highest BCUT2D eigenvalue weighted by Gasteiger charge is 2.66. The van der Waals surface area contributed by atoms with E-state index in [4.69, 9.17) is 5.11 Å². The van der Waals surface area contributed by atoms with Gasteiger partial charge < -0.3 is 9.84 Å². The van der Waals surface area contributed by atoms with Gasteiger partial charge in [0, 0.05) is 5.56 Å². The molecule has 0 fully saturated rings. The lowest BCUT2D eigenvalue weighted by molar-refractivity contribution is -0.473. The molecule has 0 bridgehead atoms. The molecule has 0 aliphatic heterocycles. The number of aromatic hydroxyl groups is 1. The van der Waals surface area contributed by atoms with Crippen molar-refractivity contribution in [2.45, 2.75) is 24.8 Å². The Balaban J connectivity index is 2.08. The summed E-state index contributed by atoms with van der Waals surface area (Å²) in [4.78, 5) is 7.47. The van der Waals surface area contributed by atoms with Crippen LogP contribution in [0.25, 0.3) is 11.4 Å². The first-order chi connectivity index (χ1) is 12.3. The molecule has 1 unspecified atom stereocenters. The van der Waals surface area contributed by atoms with E-state index >= 15 is 0 Å². The zero-order valence-electron chi connectivity index (χ0n) is 12.7. The second kappa shape index (κ2) is 7.13. The fraction of sp³-hybridized carbons (Fsp3) is 0.286. The number of aromatic nitrogens is 2. The zero-order valence-corrected chi connectivity index (χ0v) is 12.7. The van der Waals surface area contributed by atoms with Crippen LogP contribution in [0.3, 0.4) is 0 Å². The van der Waals surface area contributed by atoms with E-state index in [2.05, 4.69) is 19.4 Å². The monoisotopic (exact) mass is 404 g/mol. The topological polar surface area (TPSA) is 64.5 Å². The number of nitrogens with zero attached hydrogens (tertiary/aromatic N) is 2. The van der Waals surface area contributed by atoms with Crippen LogP contribution in [0.2, 0.25) is 0 Å². The van der Waals surface area contributed by atoms with Gasteiger partial charge in [0.05, 0.1) is 12.4 Å². The zero-order chi connectivity index (χ0) is 20.5. The Hall–Kier alpha value is -2.70. The summed E-state index contributed by atoms with van der Waals surface area (Å²) in [6, 6.07) is 4.15. The summed E-state index contributed by atoms with van der Waals surface area (Å²) in [5.41, 5.74) is 0.282. The molecule has 1 N–H and O–H groups in total. The van der Waals surface area contributed by atoms with Crippen LogP contribution in [0.5, 0.6) is 11.5 Å². The first-order valence-electron chi connectivity index (χ1n) is 6.76. The molecule has 13 heteroatoms. The van der Waals surface area contributed by atoms with Gasteiger partial charge in [0.1, 0.15) is 5.75 Å². The lowest BCUT2D eigenvalue weighted by Crippen LogP contribution is -2.49. The van der Waals surface area contributed by atoms with Crippen LogP contribution < -0.4 is 4.74 Å². The molecular formula is C14H8F8N2O3. The van der Waals surface area contributed by atoms with Crippen molar-refractivity contribution in [3.05, 3.63) is 36.7 Å². The molecule has 1 aromatic carbocycles. The second-order valence-electron chi connectivity index (χ2n) is 4.90. The van der Waals surface area contributed by atoms with Gasteiger partial charge >= 0.3 is 24.8 Å².